The molecule has 4 heteroatoms. The third-order valence-corrected chi connectivity index (χ3v) is 4.72. The maximum Gasteiger partial charge on any atom is 0.256 e. The summed E-state index contributed by atoms with van der Waals surface area (Å²) in [5, 5.41) is 1.02. The fourth-order valence-electron chi connectivity index (χ4n) is 3.20. The molecule has 0 aliphatic heterocycles. The molecule has 0 spiro atoms. The molecule has 1 saturated carbocycles. The minimum atomic E-state index is 0.0692. The van der Waals surface area contributed by atoms with Gasteiger partial charge in [-0.15, -0.1) is 0 Å². The molecular weight excluding hydrogens is 310 g/mol. The fraction of sp³-hybridized carbons (Fsp3) is 0.286. The molecular formula is C21H21N3O. The van der Waals surface area contributed by atoms with Crippen molar-refractivity contribution < 1.29 is 4.79 Å². The lowest BCUT2D eigenvalue weighted by molar-refractivity contribution is 0.0728. The Balaban J connectivity index is 1.70. The van der Waals surface area contributed by atoms with Crippen molar-refractivity contribution in [2.45, 2.75) is 39.3 Å². The first kappa shape index (κ1) is 15.8. The molecule has 3 aromatic rings. The van der Waals surface area contributed by atoms with Crippen LogP contribution >= 0.6 is 0 Å². The molecule has 25 heavy (non-hydrogen) atoms. The number of pyridine rings is 2. The Morgan fingerprint density at radius 3 is 2.76 bits per heavy atom. The Hall–Kier alpha value is -2.75. The summed E-state index contributed by atoms with van der Waals surface area (Å²) >= 11 is 0. The van der Waals surface area contributed by atoms with Crippen LogP contribution in [0.5, 0.6) is 0 Å². The van der Waals surface area contributed by atoms with Crippen molar-refractivity contribution in [3.05, 3.63) is 71.2 Å². The van der Waals surface area contributed by atoms with E-state index in [1.807, 2.05) is 42.3 Å². The number of fused-ring (bicyclic) bond motifs is 1. The number of carbonyl (C=O) groups is 1. The van der Waals surface area contributed by atoms with E-state index in [-0.39, 0.29) is 5.91 Å². The summed E-state index contributed by atoms with van der Waals surface area (Å²) in [4.78, 5) is 24.0. The van der Waals surface area contributed by atoms with Gasteiger partial charge in [-0.3, -0.25) is 14.8 Å². The Morgan fingerprint density at radius 1 is 1.20 bits per heavy atom. The average Bonchev–Trinajstić information content (AvgIpc) is 3.45. The van der Waals surface area contributed by atoms with Crippen LogP contribution in [0.25, 0.3) is 10.9 Å². The second-order valence-corrected chi connectivity index (χ2v) is 6.84. The fourth-order valence-corrected chi connectivity index (χ4v) is 3.20. The summed E-state index contributed by atoms with van der Waals surface area (Å²) in [5.74, 6) is 0.0692. The molecule has 1 aromatic carbocycles. The molecule has 4 nitrogen and oxygen atoms in total. The Kier molecular flexibility index (Phi) is 3.96. The monoisotopic (exact) mass is 331 g/mol. The van der Waals surface area contributed by atoms with Gasteiger partial charge in [0, 0.05) is 30.4 Å². The van der Waals surface area contributed by atoms with Crippen LogP contribution in [0.2, 0.25) is 0 Å². The molecule has 1 amide bonds. The molecule has 0 atom stereocenters. The molecule has 2 heterocycles. The highest BCUT2D eigenvalue weighted by Gasteiger charge is 2.33. The first-order valence-corrected chi connectivity index (χ1v) is 8.70. The molecule has 2 aromatic heterocycles. The maximum absolute atomic E-state index is 13.2. The van der Waals surface area contributed by atoms with E-state index in [0.29, 0.717) is 18.2 Å². The molecule has 0 N–H and O–H groups in total. The SMILES string of the molecule is Cc1ccc2nc(C)c(C(=O)N(Cc3cccnc3)C3CC3)cc2c1. The number of benzene rings is 1. The maximum atomic E-state index is 13.2. The molecule has 126 valence electrons. The quantitative estimate of drug-likeness (QED) is 0.724. The van der Waals surface area contributed by atoms with Crippen molar-refractivity contribution in [1.82, 2.24) is 14.9 Å². The van der Waals surface area contributed by atoms with Crippen molar-refractivity contribution in [1.29, 1.82) is 0 Å². The van der Waals surface area contributed by atoms with Gasteiger partial charge in [-0.2, -0.15) is 0 Å². The minimum Gasteiger partial charge on any atom is -0.331 e. The number of hydrogen-bond donors (Lipinski definition) is 0. The summed E-state index contributed by atoms with van der Waals surface area (Å²) < 4.78 is 0. The summed E-state index contributed by atoms with van der Waals surface area (Å²) in [5.41, 5.74) is 4.66. The van der Waals surface area contributed by atoms with Crippen molar-refractivity contribution in [3.63, 3.8) is 0 Å². The number of aromatic nitrogens is 2. The van der Waals surface area contributed by atoms with Gasteiger partial charge in [0.25, 0.3) is 5.91 Å². The first-order chi connectivity index (χ1) is 12.1. The van der Waals surface area contributed by atoms with Crippen LogP contribution in [0, 0.1) is 13.8 Å². The Morgan fingerprint density at radius 2 is 2.04 bits per heavy atom. The van der Waals surface area contributed by atoms with Crippen LogP contribution in [-0.2, 0) is 6.54 Å². The van der Waals surface area contributed by atoms with E-state index >= 15 is 0 Å². The molecule has 0 radical (unpaired) electrons. The second kappa shape index (κ2) is 6.28. The average molecular weight is 331 g/mol. The third-order valence-electron chi connectivity index (χ3n) is 4.72. The number of nitrogens with zero attached hydrogens (tertiary/aromatic N) is 3. The van der Waals surface area contributed by atoms with Gasteiger partial charge in [0.15, 0.2) is 0 Å². The molecule has 1 fully saturated rings. The largest absolute Gasteiger partial charge is 0.331 e. The number of carbonyl (C=O) groups excluding carboxylic acids is 1. The van der Waals surface area contributed by atoms with Crippen LogP contribution in [0.1, 0.15) is 40.0 Å². The normalized spacial score (nSPS) is 13.8. The standard InChI is InChI=1S/C21H21N3O/c1-14-5-8-20-17(10-14)11-19(15(2)23-20)21(25)24(18-6-7-18)13-16-4-3-9-22-12-16/h3-5,8-12,18H,6-7,13H2,1-2H3. The van der Waals surface area contributed by atoms with Crippen LogP contribution in [-0.4, -0.2) is 26.8 Å². The lowest BCUT2D eigenvalue weighted by atomic mass is 10.1. The minimum absolute atomic E-state index is 0.0692. The van der Waals surface area contributed by atoms with Crippen LogP contribution in [0.15, 0.2) is 48.8 Å². The van der Waals surface area contributed by atoms with Crippen molar-refractivity contribution in [2.75, 3.05) is 0 Å². The molecule has 0 saturated heterocycles. The number of amides is 1. The molecule has 0 bridgehead atoms. The number of rotatable bonds is 4. The van der Waals surface area contributed by atoms with E-state index in [0.717, 1.165) is 35.0 Å². The zero-order valence-corrected chi connectivity index (χ0v) is 14.6. The first-order valence-electron chi connectivity index (χ1n) is 8.70. The third kappa shape index (κ3) is 3.25. The van der Waals surface area contributed by atoms with Gasteiger partial charge in [-0.25, -0.2) is 0 Å². The van der Waals surface area contributed by atoms with Crippen LogP contribution in [0.3, 0.4) is 0 Å². The van der Waals surface area contributed by atoms with Gasteiger partial charge >= 0.3 is 0 Å². The van der Waals surface area contributed by atoms with Crippen LogP contribution in [0.4, 0.5) is 0 Å². The molecule has 4 rings (SSSR count). The Bertz CT molecular complexity index is 933. The number of hydrogen-bond acceptors (Lipinski definition) is 3. The van der Waals surface area contributed by atoms with Gasteiger partial charge in [0.1, 0.15) is 0 Å². The van der Waals surface area contributed by atoms with E-state index in [2.05, 4.69) is 29.0 Å². The van der Waals surface area contributed by atoms with E-state index < -0.39 is 0 Å². The zero-order chi connectivity index (χ0) is 17.4. The zero-order valence-electron chi connectivity index (χ0n) is 14.6. The lowest BCUT2D eigenvalue weighted by Crippen LogP contribution is -2.33. The summed E-state index contributed by atoms with van der Waals surface area (Å²) in [6.45, 7) is 4.57. The van der Waals surface area contributed by atoms with E-state index in [1.54, 1.807) is 6.20 Å². The smallest absolute Gasteiger partial charge is 0.256 e. The summed E-state index contributed by atoms with van der Waals surface area (Å²) in [7, 11) is 0. The predicted molar refractivity (Wildman–Crippen MR) is 98.3 cm³/mol. The van der Waals surface area contributed by atoms with Gasteiger partial charge < -0.3 is 4.90 Å². The summed E-state index contributed by atoms with van der Waals surface area (Å²) in [6.07, 6.45) is 5.74. The molecule has 0 unspecified atom stereocenters. The van der Waals surface area contributed by atoms with E-state index in [4.69, 9.17) is 0 Å². The van der Waals surface area contributed by atoms with E-state index in [1.165, 1.54) is 5.56 Å². The van der Waals surface area contributed by atoms with E-state index in [9.17, 15) is 4.79 Å². The number of aryl methyl sites for hydroxylation is 2. The van der Waals surface area contributed by atoms with Crippen molar-refractivity contribution >= 4 is 16.8 Å². The van der Waals surface area contributed by atoms with Gasteiger partial charge in [0.2, 0.25) is 0 Å². The Labute approximate surface area is 147 Å². The van der Waals surface area contributed by atoms with Gasteiger partial charge in [-0.05, 0) is 56.5 Å². The topological polar surface area (TPSA) is 46.1 Å². The lowest BCUT2D eigenvalue weighted by Gasteiger charge is -2.23. The predicted octanol–water partition coefficient (Wildman–Crippen LogP) is 4.05. The second-order valence-electron chi connectivity index (χ2n) is 6.84. The summed E-state index contributed by atoms with van der Waals surface area (Å²) in [6, 6.07) is 12.4. The van der Waals surface area contributed by atoms with Gasteiger partial charge in [-0.1, -0.05) is 17.7 Å². The highest BCUT2D eigenvalue weighted by Crippen LogP contribution is 2.30. The molecule has 1 aliphatic rings. The van der Waals surface area contributed by atoms with Crippen molar-refractivity contribution in [3.8, 4) is 0 Å². The highest BCUT2D eigenvalue weighted by molar-refractivity contribution is 5.99. The van der Waals surface area contributed by atoms with Crippen molar-refractivity contribution in [2.24, 2.45) is 0 Å². The van der Waals surface area contributed by atoms with Gasteiger partial charge in [0.05, 0.1) is 16.8 Å². The molecule has 1 aliphatic carbocycles. The highest BCUT2D eigenvalue weighted by atomic mass is 16.2. The van der Waals surface area contributed by atoms with Crippen LogP contribution < -0.4 is 0 Å².